The van der Waals surface area contributed by atoms with Crippen molar-refractivity contribution in [2.75, 3.05) is 13.7 Å². The standard InChI is InChI=1S/C39H34F2N6O5S2/c1-52-30-16-7-22(19-24(30)21-45-18-3-2-6-29(45)23-5-4-17-42-20-23)31(32-34(48)43-38(53)46(36(32)50)27-12-8-25(40)9-13-27)33-35(49)44-39(54)47(37(33)51)28-14-10-26(41)11-15-28/h4-5,7-17,19-20,29,31,50-51H,2-3,6,18,21H2,1H3,(H,43,48,53)(H,44,49,54). The van der Waals surface area contributed by atoms with Gasteiger partial charge in [-0.05, 0) is 115 Å². The van der Waals surface area contributed by atoms with E-state index in [0.29, 0.717) is 17.9 Å². The zero-order chi connectivity index (χ0) is 38.1. The van der Waals surface area contributed by atoms with Crippen molar-refractivity contribution in [2.24, 2.45) is 0 Å². The molecule has 0 spiro atoms. The third kappa shape index (κ3) is 7.00. The Morgan fingerprint density at radius 3 is 2.19 bits per heavy atom. The molecule has 1 saturated heterocycles. The molecule has 15 heteroatoms. The molecule has 0 bridgehead atoms. The lowest BCUT2D eigenvalue weighted by molar-refractivity contribution is -0.950. The monoisotopic (exact) mass is 768 g/mol. The highest BCUT2D eigenvalue weighted by Gasteiger charge is 2.33. The van der Waals surface area contributed by atoms with Crippen LogP contribution in [0.3, 0.4) is 0 Å². The number of likely N-dealkylation sites (tertiary alicyclic amines) is 1. The van der Waals surface area contributed by atoms with Gasteiger partial charge in [-0.2, -0.15) is 0 Å². The van der Waals surface area contributed by atoms with Gasteiger partial charge in [0.2, 0.25) is 5.88 Å². The van der Waals surface area contributed by atoms with E-state index in [1.54, 1.807) is 31.5 Å². The Morgan fingerprint density at radius 2 is 1.56 bits per heavy atom. The highest BCUT2D eigenvalue weighted by molar-refractivity contribution is 7.71. The van der Waals surface area contributed by atoms with Crippen LogP contribution in [0.4, 0.5) is 8.78 Å². The molecule has 1 aliphatic heterocycles. The van der Waals surface area contributed by atoms with Gasteiger partial charge in [0.25, 0.3) is 11.1 Å². The topological polar surface area (TPSA) is 145 Å². The van der Waals surface area contributed by atoms with Crippen LogP contribution >= 0.6 is 24.4 Å². The number of methoxy groups -OCH3 is 1. The largest absolute Gasteiger partial charge is 0.859 e. The van der Waals surface area contributed by atoms with E-state index in [1.807, 2.05) is 12.3 Å². The number of ether oxygens (including phenoxy) is 1. The zero-order valence-corrected chi connectivity index (χ0v) is 30.5. The fourth-order valence-electron chi connectivity index (χ4n) is 7.35. The smallest absolute Gasteiger partial charge is 0.259 e. The molecule has 7 rings (SSSR count). The highest BCUT2D eigenvalue weighted by atomic mass is 32.1. The molecule has 0 amide bonds. The average Bonchev–Trinajstić information content (AvgIpc) is 3.16. The fraction of sp³-hybridized carbons (Fsp3) is 0.205. The van der Waals surface area contributed by atoms with Crippen molar-refractivity contribution in [3.05, 3.63) is 161 Å². The van der Waals surface area contributed by atoms with Crippen molar-refractivity contribution in [3.8, 4) is 28.9 Å². The minimum atomic E-state index is -1.51. The van der Waals surface area contributed by atoms with Crippen LogP contribution in [0.25, 0.3) is 11.4 Å². The molecular formula is C39H34F2N6O5S2. The minimum absolute atomic E-state index is 0.142. The first-order valence-corrected chi connectivity index (χ1v) is 17.9. The number of aromatic nitrogens is 5. The number of aromatic amines is 2. The molecule has 4 heterocycles. The fourth-order valence-corrected chi connectivity index (χ4v) is 7.92. The summed E-state index contributed by atoms with van der Waals surface area (Å²) in [4.78, 5) is 38.7. The Hall–Kier alpha value is -5.77. The van der Waals surface area contributed by atoms with Crippen LogP contribution in [0, 0.1) is 21.2 Å². The lowest BCUT2D eigenvalue weighted by Gasteiger charge is -2.33. The number of nitrogens with one attached hydrogen (secondary N) is 3. The number of benzene rings is 3. The molecule has 276 valence electrons. The summed E-state index contributed by atoms with van der Waals surface area (Å²) in [5.41, 5.74) is -0.114. The van der Waals surface area contributed by atoms with Crippen molar-refractivity contribution in [1.29, 1.82) is 0 Å². The maximum Gasteiger partial charge on any atom is 0.259 e. The van der Waals surface area contributed by atoms with Crippen LogP contribution < -0.4 is 25.9 Å². The third-order valence-electron chi connectivity index (χ3n) is 9.85. The number of hydrogen-bond acceptors (Lipinski definition) is 8. The minimum Gasteiger partial charge on any atom is -0.859 e. The second kappa shape index (κ2) is 15.3. The number of H-pyrrole nitrogens is 2. The van der Waals surface area contributed by atoms with E-state index in [-0.39, 0.29) is 32.5 Å². The van der Waals surface area contributed by atoms with Gasteiger partial charge < -0.3 is 24.4 Å². The quantitative estimate of drug-likeness (QED) is 0.150. The third-order valence-corrected chi connectivity index (χ3v) is 10.4. The summed E-state index contributed by atoms with van der Waals surface area (Å²) in [7, 11) is 1.54. The summed E-state index contributed by atoms with van der Waals surface area (Å²) in [6.45, 7) is 1.34. The van der Waals surface area contributed by atoms with Gasteiger partial charge in [-0.1, -0.05) is 12.1 Å². The van der Waals surface area contributed by atoms with Gasteiger partial charge in [-0.15, -0.1) is 0 Å². The second-order valence-electron chi connectivity index (χ2n) is 13.0. The van der Waals surface area contributed by atoms with Gasteiger partial charge >= 0.3 is 0 Å². The molecule has 3 unspecified atom stereocenters. The molecular weight excluding hydrogens is 735 g/mol. The lowest BCUT2D eigenvalue weighted by atomic mass is 9.85. The van der Waals surface area contributed by atoms with Crippen molar-refractivity contribution < 1.29 is 28.6 Å². The molecule has 3 aromatic carbocycles. The molecule has 11 nitrogen and oxygen atoms in total. The summed E-state index contributed by atoms with van der Waals surface area (Å²) in [6.07, 6.45) is 6.60. The van der Waals surface area contributed by atoms with E-state index >= 15 is 0 Å². The first-order valence-electron chi connectivity index (χ1n) is 17.1. The van der Waals surface area contributed by atoms with Gasteiger partial charge in [0.1, 0.15) is 30.0 Å². The molecule has 1 aliphatic rings. The molecule has 4 N–H and O–H groups in total. The van der Waals surface area contributed by atoms with E-state index in [9.17, 15) is 28.6 Å². The van der Waals surface area contributed by atoms with Crippen LogP contribution in [0.2, 0.25) is 0 Å². The molecule has 0 aliphatic carbocycles. The molecule has 1 fully saturated rings. The van der Waals surface area contributed by atoms with Crippen LogP contribution in [0.15, 0.2) is 101 Å². The Balaban J connectivity index is 1.47. The van der Waals surface area contributed by atoms with E-state index in [4.69, 9.17) is 29.2 Å². The van der Waals surface area contributed by atoms with Crippen LogP contribution in [0.5, 0.6) is 17.5 Å². The maximum absolute atomic E-state index is 14.6. The van der Waals surface area contributed by atoms with E-state index < -0.39 is 46.0 Å². The van der Waals surface area contributed by atoms with Gasteiger partial charge in [0, 0.05) is 41.2 Å². The number of halogens is 2. The molecule has 3 aromatic heterocycles. The average molecular weight is 769 g/mol. The predicted molar refractivity (Wildman–Crippen MR) is 200 cm³/mol. The second-order valence-corrected chi connectivity index (χ2v) is 13.8. The first kappa shape index (κ1) is 36.6. The maximum atomic E-state index is 14.6. The molecule has 3 atom stereocenters. The summed E-state index contributed by atoms with van der Waals surface area (Å²) in [5.74, 6) is -3.64. The highest BCUT2D eigenvalue weighted by Crippen LogP contribution is 2.39. The summed E-state index contributed by atoms with van der Waals surface area (Å²) >= 11 is 10.8. The van der Waals surface area contributed by atoms with E-state index in [2.05, 4.69) is 21.0 Å². The van der Waals surface area contributed by atoms with Gasteiger partial charge in [-0.25, -0.2) is 8.78 Å². The van der Waals surface area contributed by atoms with Crippen LogP contribution in [-0.2, 0) is 6.54 Å². The zero-order valence-electron chi connectivity index (χ0n) is 28.8. The Morgan fingerprint density at radius 1 is 0.926 bits per heavy atom. The SMILES string of the molecule is COc1ccc(C(c2c([O-])n(-c3ccc(F)cc3)c(=S)[nH]c2=O)c2c(O)n(-c3ccc(F)cc3)c(=S)[nH]c2=O)cc1C[NH+]1CCCCC1c1cccnc1. The van der Waals surface area contributed by atoms with Gasteiger partial charge in [-0.3, -0.25) is 29.1 Å². The number of rotatable bonds is 9. The number of nitrogens with zero attached hydrogens (tertiary/aromatic N) is 3. The Bertz CT molecular complexity index is 2450. The predicted octanol–water partition coefficient (Wildman–Crippen LogP) is 5.05. The van der Waals surface area contributed by atoms with Gasteiger partial charge in [0.15, 0.2) is 9.54 Å². The van der Waals surface area contributed by atoms with Crippen molar-refractivity contribution in [3.63, 3.8) is 0 Å². The summed E-state index contributed by atoms with van der Waals surface area (Å²) in [5, 5.41) is 26.6. The number of hydrogen-bond donors (Lipinski definition) is 4. The number of pyridine rings is 1. The van der Waals surface area contributed by atoms with Gasteiger partial charge in [0.05, 0.1) is 30.8 Å². The van der Waals surface area contributed by atoms with Crippen molar-refractivity contribution in [2.45, 2.75) is 37.8 Å². The van der Waals surface area contributed by atoms with Crippen LogP contribution in [0.1, 0.15) is 59.0 Å². The number of aromatic hydroxyl groups is 1. The molecule has 54 heavy (non-hydrogen) atoms. The number of quaternary nitrogens is 1. The molecule has 0 radical (unpaired) electrons. The Kier molecular flexibility index (Phi) is 10.4. The molecule has 0 saturated carbocycles. The first-order chi connectivity index (χ1) is 26.0. The van der Waals surface area contributed by atoms with E-state index in [1.165, 1.54) is 29.2 Å². The van der Waals surface area contributed by atoms with Crippen molar-refractivity contribution in [1.82, 2.24) is 24.1 Å². The lowest BCUT2D eigenvalue weighted by Crippen LogP contribution is -3.11. The molecule has 6 aromatic rings. The van der Waals surface area contributed by atoms with E-state index in [0.717, 1.165) is 70.3 Å². The normalized spacial score (nSPS) is 16.2. The summed E-state index contributed by atoms with van der Waals surface area (Å²) in [6, 6.07) is 19.1. The Labute approximate surface area is 317 Å². The summed E-state index contributed by atoms with van der Waals surface area (Å²) < 4.78 is 35.4. The number of piperidine rings is 1. The van der Waals surface area contributed by atoms with Crippen LogP contribution in [-0.4, -0.2) is 42.8 Å². The van der Waals surface area contributed by atoms with Crippen molar-refractivity contribution >= 4 is 24.4 Å².